The monoisotopic (exact) mass is 897 g/mol. The quantitative estimate of drug-likeness (QED) is 0.163. The van der Waals surface area contributed by atoms with Crippen molar-refractivity contribution in [2.45, 2.75) is 38.0 Å². The molecule has 1 aliphatic carbocycles. The van der Waals surface area contributed by atoms with E-state index in [9.17, 15) is 0 Å². The van der Waals surface area contributed by atoms with Gasteiger partial charge in [-0.2, -0.15) is 0 Å². The van der Waals surface area contributed by atoms with Crippen LogP contribution in [0.3, 0.4) is 0 Å². The molecule has 1 fully saturated rings. The standard InChI is InChI=1S/C66H47N3O/c1-4-14-42(15-5-1)45-24-30-61-53(36-45)51-20-10-12-22-59(51)67(61)48-27-32-63-55(39-48)56-40-49(68-60-23-13-11-21-52(60)54-37-46(25-31-62(54)68)43-16-6-2-7-17-43)28-33-64(56)69(63)50-29-35-66-58(41-50)57-38-47(26-34-65(57)70-66)44-18-8-3-9-19-44/h1-2,4-7,10-17,20-41,44H,3,8-9,18-19H2. The number of nitrogens with zero attached hydrogens (tertiary/aromatic N) is 3. The van der Waals surface area contributed by atoms with E-state index in [4.69, 9.17) is 4.42 Å². The Kier molecular flexibility index (Phi) is 8.70. The van der Waals surface area contributed by atoms with Crippen LogP contribution in [0.2, 0.25) is 0 Å². The van der Waals surface area contributed by atoms with Crippen molar-refractivity contribution in [2.24, 2.45) is 0 Å². The van der Waals surface area contributed by atoms with Crippen molar-refractivity contribution in [1.82, 2.24) is 13.7 Å². The molecule has 0 aliphatic heterocycles. The van der Waals surface area contributed by atoms with Gasteiger partial charge in [0.15, 0.2) is 0 Å². The minimum Gasteiger partial charge on any atom is -0.456 e. The van der Waals surface area contributed by atoms with Crippen molar-refractivity contribution in [3.05, 3.63) is 224 Å². The van der Waals surface area contributed by atoms with E-state index in [1.807, 2.05) is 0 Å². The molecule has 0 radical (unpaired) electrons. The molecule has 0 bridgehead atoms. The zero-order valence-electron chi connectivity index (χ0n) is 38.6. The Morgan fingerprint density at radius 1 is 0.286 bits per heavy atom. The Hall–Kier alpha value is -8.60. The first-order valence-corrected chi connectivity index (χ1v) is 24.9. The molecule has 70 heavy (non-hydrogen) atoms. The highest BCUT2D eigenvalue weighted by Gasteiger charge is 2.22. The number of fused-ring (bicyclic) bond motifs is 12. The molecule has 0 spiro atoms. The van der Waals surface area contributed by atoms with E-state index in [0.717, 1.165) is 44.6 Å². The molecule has 14 aromatic rings. The maximum Gasteiger partial charge on any atom is 0.135 e. The SMILES string of the molecule is c1ccc(-c2ccc3c(c2)c2ccccc2n3-c2ccc3c(c2)c2cc(-n4c5ccccc5c5cc(-c6ccccc6)ccc54)ccc2n3-c2ccc3oc4ccc(C5CCCCC5)cc4c3c2)cc1. The third kappa shape index (κ3) is 6.02. The molecule has 4 heteroatoms. The van der Waals surface area contributed by atoms with E-state index in [1.54, 1.807) is 0 Å². The molecule has 4 heterocycles. The van der Waals surface area contributed by atoms with Crippen LogP contribution in [0.15, 0.2) is 223 Å². The molecular formula is C66H47N3O. The number of hydrogen-bond acceptors (Lipinski definition) is 1. The lowest BCUT2D eigenvalue weighted by Crippen LogP contribution is -2.04. The van der Waals surface area contributed by atoms with E-state index in [-0.39, 0.29) is 0 Å². The maximum absolute atomic E-state index is 6.55. The van der Waals surface area contributed by atoms with Crippen LogP contribution in [0.4, 0.5) is 0 Å². The molecule has 0 N–H and O–H groups in total. The van der Waals surface area contributed by atoms with Crippen LogP contribution in [-0.2, 0) is 0 Å². The minimum atomic E-state index is 0.618. The summed E-state index contributed by atoms with van der Waals surface area (Å²) in [5, 5.41) is 9.74. The van der Waals surface area contributed by atoms with Gasteiger partial charge in [0.2, 0.25) is 0 Å². The van der Waals surface area contributed by atoms with E-state index in [1.165, 1.54) is 120 Å². The molecule has 0 atom stereocenters. The van der Waals surface area contributed by atoms with Gasteiger partial charge in [0.05, 0.1) is 33.1 Å². The first kappa shape index (κ1) is 39.4. The normalized spacial score (nSPS) is 13.7. The second-order valence-corrected chi connectivity index (χ2v) is 19.5. The molecule has 0 unspecified atom stereocenters. The van der Waals surface area contributed by atoms with Crippen molar-refractivity contribution < 1.29 is 4.42 Å². The van der Waals surface area contributed by atoms with E-state index < -0.39 is 0 Å². The number of rotatable bonds is 6. The summed E-state index contributed by atoms with van der Waals surface area (Å²) in [4.78, 5) is 0. The number of furan rings is 1. The van der Waals surface area contributed by atoms with Crippen LogP contribution in [0.25, 0.3) is 127 Å². The highest BCUT2D eigenvalue weighted by molar-refractivity contribution is 6.15. The second-order valence-electron chi connectivity index (χ2n) is 19.5. The Bertz CT molecular complexity index is 4170. The molecule has 1 aliphatic rings. The molecule has 332 valence electrons. The molecule has 1 saturated carbocycles. The van der Waals surface area contributed by atoms with Gasteiger partial charge < -0.3 is 18.1 Å². The van der Waals surface area contributed by atoms with Gasteiger partial charge in [0.25, 0.3) is 0 Å². The second kappa shape index (κ2) is 15.5. The zero-order valence-corrected chi connectivity index (χ0v) is 38.6. The van der Waals surface area contributed by atoms with Gasteiger partial charge in [0.1, 0.15) is 11.2 Å². The fraction of sp³-hybridized carbons (Fsp3) is 0.0909. The average Bonchev–Trinajstić information content (AvgIpc) is 4.16. The summed E-state index contributed by atoms with van der Waals surface area (Å²) in [5.74, 6) is 0.618. The summed E-state index contributed by atoms with van der Waals surface area (Å²) in [6.45, 7) is 0. The third-order valence-electron chi connectivity index (χ3n) is 15.6. The first-order valence-electron chi connectivity index (χ1n) is 24.9. The Labute approximate surface area is 404 Å². The van der Waals surface area contributed by atoms with Crippen LogP contribution in [0, 0.1) is 0 Å². The maximum atomic E-state index is 6.55. The van der Waals surface area contributed by atoms with Gasteiger partial charge in [-0.3, -0.25) is 0 Å². The summed E-state index contributed by atoms with van der Waals surface area (Å²) in [6.07, 6.45) is 6.51. The lowest BCUT2D eigenvalue weighted by molar-refractivity contribution is 0.444. The lowest BCUT2D eigenvalue weighted by Gasteiger charge is -2.21. The average molecular weight is 898 g/mol. The highest BCUT2D eigenvalue weighted by atomic mass is 16.3. The van der Waals surface area contributed by atoms with Crippen LogP contribution in [0.5, 0.6) is 0 Å². The summed E-state index contributed by atoms with van der Waals surface area (Å²) >= 11 is 0. The van der Waals surface area contributed by atoms with E-state index >= 15 is 0 Å². The lowest BCUT2D eigenvalue weighted by atomic mass is 9.84. The largest absolute Gasteiger partial charge is 0.456 e. The van der Waals surface area contributed by atoms with E-state index in [2.05, 4.69) is 232 Å². The van der Waals surface area contributed by atoms with Gasteiger partial charge in [-0.05, 0) is 150 Å². The molecule has 4 aromatic heterocycles. The minimum absolute atomic E-state index is 0.618. The number of aromatic nitrogens is 3. The predicted molar refractivity (Wildman–Crippen MR) is 293 cm³/mol. The zero-order chi connectivity index (χ0) is 45.9. The number of benzene rings is 10. The fourth-order valence-corrected chi connectivity index (χ4v) is 12.3. The van der Waals surface area contributed by atoms with Gasteiger partial charge in [0, 0.05) is 60.2 Å². The van der Waals surface area contributed by atoms with Crippen molar-refractivity contribution in [3.63, 3.8) is 0 Å². The molecular weight excluding hydrogens is 851 g/mol. The van der Waals surface area contributed by atoms with Crippen molar-refractivity contribution in [1.29, 1.82) is 0 Å². The first-order chi connectivity index (χ1) is 34.7. The summed E-state index contributed by atoms with van der Waals surface area (Å²) in [6, 6.07) is 80.9. The topological polar surface area (TPSA) is 27.9 Å². The smallest absolute Gasteiger partial charge is 0.135 e. The summed E-state index contributed by atoms with van der Waals surface area (Å²) < 4.78 is 13.9. The summed E-state index contributed by atoms with van der Waals surface area (Å²) in [7, 11) is 0. The van der Waals surface area contributed by atoms with Gasteiger partial charge >= 0.3 is 0 Å². The number of para-hydroxylation sites is 2. The van der Waals surface area contributed by atoms with Crippen molar-refractivity contribution in [2.75, 3.05) is 0 Å². The molecule has 4 nitrogen and oxygen atoms in total. The van der Waals surface area contributed by atoms with Gasteiger partial charge in [-0.1, -0.05) is 135 Å². The fourth-order valence-electron chi connectivity index (χ4n) is 12.3. The van der Waals surface area contributed by atoms with Crippen LogP contribution in [0.1, 0.15) is 43.6 Å². The van der Waals surface area contributed by atoms with Crippen LogP contribution < -0.4 is 0 Å². The Balaban J connectivity index is 0.967. The van der Waals surface area contributed by atoms with Crippen LogP contribution >= 0.6 is 0 Å². The Morgan fingerprint density at radius 2 is 0.686 bits per heavy atom. The molecule has 15 rings (SSSR count). The van der Waals surface area contributed by atoms with Gasteiger partial charge in [-0.15, -0.1) is 0 Å². The van der Waals surface area contributed by atoms with Crippen LogP contribution in [-0.4, -0.2) is 13.7 Å². The molecule has 0 saturated heterocycles. The predicted octanol–water partition coefficient (Wildman–Crippen LogP) is 18.3. The molecule has 10 aromatic carbocycles. The Morgan fingerprint density at radius 3 is 1.21 bits per heavy atom. The number of hydrogen-bond donors (Lipinski definition) is 0. The highest BCUT2D eigenvalue weighted by Crippen LogP contribution is 2.43. The van der Waals surface area contributed by atoms with Gasteiger partial charge in [-0.25, -0.2) is 0 Å². The third-order valence-corrected chi connectivity index (χ3v) is 15.6. The van der Waals surface area contributed by atoms with Crippen molar-refractivity contribution >= 4 is 87.4 Å². The summed E-state index contributed by atoms with van der Waals surface area (Å²) in [5.41, 5.74) is 18.7. The molecule has 0 amide bonds. The van der Waals surface area contributed by atoms with Crippen molar-refractivity contribution in [3.8, 4) is 39.3 Å². The van der Waals surface area contributed by atoms with E-state index in [0.29, 0.717) is 5.92 Å².